The summed E-state index contributed by atoms with van der Waals surface area (Å²) in [6.45, 7) is 0.624. The van der Waals surface area contributed by atoms with Crippen molar-refractivity contribution in [3.8, 4) is 0 Å². The van der Waals surface area contributed by atoms with Gasteiger partial charge in [-0.3, -0.25) is 0 Å². The third-order valence-electron chi connectivity index (χ3n) is 2.51. The Morgan fingerprint density at radius 2 is 2.00 bits per heavy atom. The molecule has 1 aliphatic carbocycles. The molecule has 1 aromatic rings. The Bertz CT molecular complexity index is 283. The van der Waals surface area contributed by atoms with Crippen molar-refractivity contribution in [3.05, 3.63) is 35.4 Å². The molecule has 0 aromatic heterocycles. The van der Waals surface area contributed by atoms with Gasteiger partial charge in [0.15, 0.2) is 0 Å². The maximum absolute atomic E-state index is 5.78. The summed E-state index contributed by atoms with van der Waals surface area (Å²) in [6.07, 6.45) is 1.12. The Labute approximate surface area is 72.6 Å². The first-order valence-electron chi connectivity index (χ1n) is 4.36. The highest BCUT2D eigenvalue weighted by atomic mass is 14.7. The van der Waals surface area contributed by atoms with Crippen molar-refractivity contribution in [1.29, 1.82) is 0 Å². The molecule has 2 atom stereocenters. The minimum absolute atomic E-state index is 0.373. The van der Waals surface area contributed by atoms with Gasteiger partial charge in [-0.05, 0) is 17.5 Å². The van der Waals surface area contributed by atoms with Crippen LogP contribution in [0, 0.1) is 0 Å². The van der Waals surface area contributed by atoms with Crippen molar-refractivity contribution < 1.29 is 0 Å². The van der Waals surface area contributed by atoms with Crippen LogP contribution in [0.3, 0.4) is 0 Å². The summed E-state index contributed by atoms with van der Waals surface area (Å²) in [7, 11) is 0. The van der Waals surface area contributed by atoms with E-state index in [1.807, 2.05) is 6.07 Å². The highest BCUT2D eigenvalue weighted by Crippen LogP contribution is 2.40. The molecule has 0 amide bonds. The monoisotopic (exact) mass is 162 g/mol. The van der Waals surface area contributed by atoms with Crippen LogP contribution in [-0.4, -0.2) is 6.04 Å². The average molecular weight is 162 g/mol. The van der Waals surface area contributed by atoms with E-state index in [1.54, 1.807) is 0 Å². The van der Waals surface area contributed by atoms with E-state index in [0.29, 0.717) is 18.5 Å². The Morgan fingerprint density at radius 1 is 1.33 bits per heavy atom. The minimum atomic E-state index is 0.373. The van der Waals surface area contributed by atoms with Gasteiger partial charge in [0.05, 0.1) is 0 Å². The molecule has 12 heavy (non-hydrogen) atoms. The van der Waals surface area contributed by atoms with Crippen LogP contribution in [0.5, 0.6) is 0 Å². The topological polar surface area (TPSA) is 52.0 Å². The van der Waals surface area contributed by atoms with Gasteiger partial charge in [0.2, 0.25) is 0 Å². The predicted octanol–water partition coefficient (Wildman–Crippen LogP) is 0.960. The first-order valence-corrected chi connectivity index (χ1v) is 4.36. The van der Waals surface area contributed by atoms with E-state index in [-0.39, 0.29) is 0 Å². The summed E-state index contributed by atoms with van der Waals surface area (Å²) < 4.78 is 0. The van der Waals surface area contributed by atoms with Crippen molar-refractivity contribution >= 4 is 0 Å². The highest BCUT2D eigenvalue weighted by molar-refractivity contribution is 5.35. The van der Waals surface area contributed by atoms with Gasteiger partial charge < -0.3 is 11.5 Å². The highest BCUT2D eigenvalue weighted by Gasteiger charge is 2.35. The average Bonchev–Trinajstić information content (AvgIpc) is 2.83. The second-order valence-electron chi connectivity index (χ2n) is 3.41. The SMILES string of the molecule is NCc1ccccc1[C@@H]1C[C@H]1N. The summed E-state index contributed by atoms with van der Waals surface area (Å²) in [5, 5.41) is 0. The van der Waals surface area contributed by atoms with Gasteiger partial charge in [0.1, 0.15) is 0 Å². The molecule has 1 saturated carbocycles. The van der Waals surface area contributed by atoms with Crippen LogP contribution >= 0.6 is 0 Å². The molecule has 1 fully saturated rings. The number of rotatable bonds is 2. The normalized spacial score (nSPS) is 27.2. The number of hydrogen-bond donors (Lipinski definition) is 2. The summed E-state index contributed by atoms with van der Waals surface area (Å²) in [5.74, 6) is 0.574. The van der Waals surface area contributed by atoms with Crippen molar-refractivity contribution in [2.24, 2.45) is 11.5 Å². The molecule has 2 nitrogen and oxygen atoms in total. The van der Waals surface area contributed by atoms with Crippen LogP contribution in [-0.2, 0) is 6.54 Å². The number of benzene rings is 1. The molecule has 64 valence electrons. The van der Waals surface area contributed by atoms with E-state index in [2.05, 4.69) is 18.2 Å². The van der Waals surface area contributed by atoms with Gasteiger partial charge in [-0.2, -0.15) is 0 Å². The van der Waals surface area contributed by atoms with Crippen LogP contribution in [0.2, 0.25) is 0 Å². The number of hydrogen-bond acceptors (Lipinski definition) is 2. The minimum Gasteiger partial charge on any atom is -0.327 e. The Balaban J connectivity index is 2.29. The van der Waals surface area contributed by atoms with Crippen molar-refractivity contribution in [1.82, 2.24) is 0 Å². The van der Waals surface area contributed by atoms with E-state index in [9.17, 15) is 0 Å². The molecule has 0 aliphatic heterocycles. The van der Waals surface area contributed by atoms with Gasteiger partial charge in [-0.15, -0.1) is 0 Å². The van der Waals surface area contributed by atoms with Gasteiger partial charge in [-0.1, -0.05) is 24.3 Å². The van der Waals surface area contributed by atoms with Gasteiger partial charge in [0, 0.05) is 18.5 Å². The molecule has 2 rings (SSSR count). The van der Waals surface area contributed by atoms with Gasteiger partial charge in [-0.25, -0.2) is 0 Å². The molecule has 0 spiro atoms. The lowest BCUT2D eigenvalue weighted by molar-refractivity contribution is 0.948. The fraction of sp³-hybridized carbons (Fsp3) is 0.400. The second-order valence-corrected chi connectivity index (χ2v) is 3.41. The predicted molar refractivity (Wildman–Crippen MR) is 49.7 cm³/mol. The molecular formula is C10H14N2. The lowest BCUT2D eigenvalue weighted by Gasteiger charge is -2.05. The smallest absolute Gasteiger partial charge is 0.0180 e. The summed E-state index contributed by atoms with van der Waals surface area (Å²) in [4.78, 5) is 0. The molecule has 0 saturated heterocycles. The fourth-order valence-electron chi connectivity index (χ4n) is 1.65. The van der Waals surface area contributed by atoms with Crippen LogP contribution in [0.15, 0.2) is 24.3 Å². The second kappa shape index (κ2) is 2.88. The summed E-state index contributed by atoms with van der Waals surface area (Å²) in [5.41, 5.74) is 14.0. The molecular weight excluding hydrogens is 148 g/mol. The standard InChI is InChI=1S/C10H14N2/c11-6-7-3-1-2-4-8(7)9-5-10(9)12/h1-4,9-10H,5-6,11-12H2/t9-,10+/m0/s1. The lowest BCUT2D eigenvalue weighted by atomic mass is 10.0. The molecule has 0 radical (unpaired) electrons. The van der Waals surface area contributed by atoms with Crippen molar-refractivity contribution in [2.75, 3.05) is 0 Å². The largest absolute Gasteiger partial charge is 0.327 e. The molecule has 0 heterocycles. The third-order valence-corrected chi connectivity index (χ3v) is 2.51. The zero-order valence-electron chi connectivity index (χ0n) is 7.03. The lowest BCUT2D eigenvalue weighted by Crippen LogP contribution is -2.05. The molecule has 0 bridgehead atoms. The molecule has 4 N–H and O–H groups in total. The van der Waals surface area contributed by atoms with Gasteiger partial charge in [0.25, 0.3) is 0 Å². The van der Waals surface area contributed by atoms with Crippen LogP contribution in [0.1, 0.15) is 23.5 Å². The molecule has 1 aliphatic rings. The van der Waals surface area contributed by atoms with E-state index in [4.69, 9.17) is 11.5 Å². The van der Waals surface area contributed by atoms with E-state index in [0.717, 1.165) is 6.42 Å². The Kier molecular flexibility index (Phi) is 1.87. The van der Waals surface area contributed by atoms with Crippen LogP contribution < -0.4 is 11.5 Å². The molecule has 2 heteroatoms. The van der Waals surface area contributed by atoms with E-state index in [1.165, 1.54) is 11.1 Å². The van der Waals surface area contributed by atoms with Crippen molar-refractivity contribution in [3.63, 3.8) is 0 Å². The van der Waals surface area contributed by atoms with Gasteiger partial charge >= 0.3 is 0 Å². The summed E-state index contributed by atoms with van der Waals surface area (Å²) >= 11 is 0. The Morgan fingerprint density at radius 3 is 2.58 bits per heavy atom. The quantitative estimate of drug-likeness (QED) is 0.680. The van der Waals surface area contributed by atoms with E-state index < -0.39 is 0 Å². The third kappa shape index (κ3) is 1.24. The van der Waals surface area contributed by atoms with Crippen molar-refractivity contribution in [2.45, 2.75) is 24.9 Å². The van der Waals surface area contributed by atoms with Crippen LogP contribution in [0.25, 0.3) is 0 Å². The van der Waals surface area contributed by atoms with Crippen LogP contribution in [0.4, 0.5) is 0 Å². The first kappa shape index (κ1) is 7.77. The zero-order valence-corrected chi connectivity index (χ0v) is 7.03. The zero-order chi connectivity index (χ0) is 8.55. The first-order chi connectivity index (χ1) is 5.83. The van der Waals surface area contributed by atoms with E-state index >= 15 is 0 Å². The summed E-state index contributed by atoms with van der Waals surface area (Å²) in [6, 6.07) is 8.68. The number of nitrogens with two attached hydrogens (primary N) is 2. The maximum atomic E-state index is 5.78. The Hall–Kier alpha value is -0.860. The fourth-order valence-corrected chi connectivity index (χ4v) is 1.65. The molecule has 0 unspecified atom stereocenters. The molecule has 1 aromatic carbocycles. The maximum Gasteiger partial charge on any atom is 0.0180 e.